The molecule has 2 aromatic rings. The lowest BCUT2D eigenvalue weighted by atomic mass is 10.0. The highest BCUT2D eigenvalue weighted by atomic mass is 16.4. The molecule has 0 bridgehead atoms. The third kappa shape index (κ3) is 5.53. The number of amides is 1. The van der Waals surface area contributed by atoms with Gasteiger partial charge in [-0.1, -0.05) is 18.2 Å². The molecule has 2 N–H and O–H groups in total. The van der Waals surface area contributed by atoms with E-state index in [1.165, 1.54) is 0 Å². The van der Waals surface area contributed by atoms with Gasteiger partial charge in [-0.05, 0) is 24.3 Å². The number of hydrogen-bond donors (Lipinski definition) is 2. The Hall–Kier alpha value is -3.44. The first-order valence-electron chi connectivity index (χ1n) is 9.47. The first kappa shape index (κ1) is 20.3. The number of nitrogens with one attached hydrogen (secondary N) is 1. The molecule has 1 amide bonds. The van der Waals surface area contributed by atoms with Crippen molar-refractivity contribution in [3.05, 3.63) is 54.2 Å². The number of carboxylic acid groups (broad SMARTS) is 1. The molecule has 29 heavy (non-hydrogen) atoms. The molecule has 1 aliphatic rings. The van der Waals surface area contributed by atoms with Gasteiger partial charge in [-0.2, -0.15) is 5.26 Å². The molecule has 0 saturated carbocycles. The second-order valence-electron chi connectivity index (χ2n) is 6.93. The van der Waals surface area contributed by atoms with Crippen LogP contribution in [0, 0.1) is 17.2 Å². The number of pyridine rings is 1. The van der Waals surface area contributed by atoms with E-state index in [2.05, 4.69) is 16.4 Å². The van der Waals surface area contributed by atoms with Gasteiger partial charge in [0.1, 0.15) is 11.9 Å². The molecule has 0 aliphatic carbocycles. The van der Waals surface area contributed by atoms with Gasteiger partial charge in [0, 0.05) is 51.0 Å². The minimum atomic E-state index is -0.980. The van der Waals surface area contributed by atoms with Crippen molar-refractivity contribution in [3.8, 4) is 6.07 Å². The molecule has 0 radical (unpaired) electrons. The maximum Gasteiger partial charge on any atom is 0.308 e. The van der Waals surface area contributed by atoms with Crippen LogP contribution in [0.15, 0.2) is 48.7 Å². The van der Waals surface area contributed by atoms with Crippen LogP contribution in [-0.4, -0.2) is 59.6 Å². The van der Waals surface area contributed by atoms with Gasteiger partial charge >= 0.3 is 5.97 Å². The molecule has 1 saturated heterocycles. The van der Waals surface area contributed by atoms with Gasteiger partial charge in [0.15, 0.2) is 0 Å². The zero-order valence-corrected chi connectivity index (χ0v) is 16.0. The molecule has 2 heterocycles. The van der Waals surface area contributed by atoms with Crippen LogP contribution in [0.25, 0.3) is 0 Å². The summed E-state index contributed by atoms with van der Waals surface area (Å²) in [7, 11) is 0. The average Bonchev–Trinajstić information content (AvgIpc) is 2.74. The number of nitriles is 1. The van der Waals surface area contributed by atoms with Crippen molar-refractivity contribution in [2.75, 3.05) is 42.9 Å². The number of piperazine rings is 1. The lowest BCUT2D eigenvalue weighted by molar-refractivity contribution is -0.144. The van der Waals surface area contributed by atoms with Gasteiger partial charge in [-0.3, -0.25) is 14.5 Å². The molecule has 150 valence electrons. The van der Waals surface area contributed by atoms with E-state index in [0.717, 1.165) is 0 Å². The van der Waals surface area contributed by atoms with Gasteiger partial charge < -0.3 is 15.3 Å². The Bertz CT molecular complexity index is 889. The quantitative estimate of drug-likeness (QED) is 0.738. The van der Waals surface area contributed by atoms with Gasteiger partial charge in [0.05, 0.1) is 11.5 Å². The molecular weight excluding hydrogens is 370 g/mol. The molecule has 1 unspecified atom stereocenters. The van der Waals surface area contributed by atoms with Crippen LogP contribution in [0.5, 0.6) is 0 Å². The summed E-state index contributed by atoms with van der Waals surface area (Å²) in [6, 6.07) is 14.6. The number of carbonyl (C=O) groups is 2. The van der Waals surface area contributed by atoms with Crippen molar-refractivity contribution < 1.29 is 14.7 Å². The second kappa shape index (κ2) is 9.66. The normalized spacial score (nSPS) is 15.3. The van der Waals surface area contributed by atoms with Gasteiger partial charge in [0.2, 0.25) is 5.91 Å². The van der Waals surface area contributed by atoms with Crippen molar-refractivity contribution in [2.24, 2.45) is 5.92 Å². The predicted octanol–water partition coefficient (Wildman–Crippen LogP) is 1.80. The highest BCUT2D eigenvalue weighted by Crippen LogP contribution is 2.19. The molecule has 0 spiro atoms. The summed E-state index contributed by atoms with van der Waals surface area (Å²) in [6.45, 7) is 2.89. The lowest BCUT2D eigenvalue weighted by Gasteiger charge is -2.36. The third-order valence-corrected chi connectivity index (χ3v) is 4.90. The van der Waals surface area contributed by atoms with Crippen molar-refractivity contribution >= 4 is 23.4 Å². The Balaban J connectivity index is 1.53. The van der Waals surface area contributed by atoms with Crippen LogP contribution < -0.4 is 10.2 Å². The maximum absolute atomic E-state index is 12.2. The summed E-state index contributed by atoms with van der Waals surface area (Å²) in [5, 5.41) is 21.5. The smallest absolute Gasteiger partial charge is 0.308 e. The molecule has 1 aliphatic heterocycles. The van der Waals surface area contributed by atoms with Crippen LogP contribution in [0.1, 0.15) is 12.0 Å². The first-order chi connectivity index (χ1) is 14.1. The van der Waals surface area contributed by atoms with Crippen LogP contribution in [0.2, 0.25) is 0 Å². The summed E-state index contributed by atoms with van der Waals surface area (Å²) < 4.78 is 0. The Morgan fingerprint density at radius 3 is 2.52 bits per heavy atom. The lowest BCUT2D eigenvalue weighted by Crippen LogP contribution is -2.49. The Kier molecular flexibility index (Phi) is 6.76. The van der Waals surface area contributed by atoms with Crippen molar-refractivity contribution in [3.63, 3.8) is 0 Å². The number of para-hydroxylation sites is 1. The van der Waals surface area contributed by atoms with Crippen LogP contribution >= 0.6 is 0 Å². The summed E-state index contributed by atoms with van der Waals surface area (Å²) >= 11 is 0. The second-order valence-corrected chi connectivity index (χ2v) is 6.93. The monoisotopic (exact) mass is 393 g/mol. The maximum atomic E-state index is 12.2. The summed E-state index contributed by atoms with van der Waals surface area (Å²) in [5.41, 5.74) is 1.18. The van der Waals surface area contributed by atoms with Crippen molar-refractivity contribution in [1.82, 2.24) is 9.88 Å². The van der Waals surface area contributed by atoms with Gasteiger partial charge in [0.25, 0.3) is 0 Å². The highest BCUT2D eigenvalue weighted by molar-refractivity contribution is 5.93. The van der Waals surface area contributed by atoms with E-state index >= 15 is 0 Å². The van der Waals surface area contributed by atoms with Crippen LogP contribution in [-0.2, 0) is 9.59 Å². The summed E-state index contributed by atoms with van der Waals surface area (Å²) in [4.78, 5) is 32.3. The zero-order valence-electron chi connectivity index (χ0n) is 16.0. The fraction of sp³-hybridized carbons (Fsp3) is 0.333. The average molecular weight is 393 g/mol. The Labute approximate surface area is 169 Å². The van der Waals surface area contributed by atoms with Crippen molar-refractivity contribution in [1.29, 1.82) is 5.26 Å². The highest BCUT2D eigenvalue weighted by Gasteiger charge is 2.27. The van der Waals surface area contributed by atoms with Gasteiger partial charge in [-0.15, -0.1) is 0 Å². The molecule has 1 aromatic carbocycles. The number of rotatable bonds is 7. The van der Waals surface area contributed by atoms with Crippen LogP contribution in [0.4, 0.5) is 11.5 Å². The molecular formula is C21H23N5O3. The van der Waals surface area contributed by atoms with Crippen LogP contribution in [0.3, 0.4) is 0 Å². The van der Waals surface area contributed by atoms with E-state index in [4.69, 9.17) is 0 Å². The topological polar surface area (TPSA) is 110 Å². The minimum absolute atomic E-state index is 0.0801. The largest absolute Gasteiger partial charge is 0.481 e. The van der Waals surface area contributed by atoms with E-state index in [1.54, 1.807) is 30.5 Å². The third-order valence-electron chi connectivity index (χ3n) is 4.90. The number of anilines is 2. The number of aliphatic carboxylic acids is 1. The minimum Gasteiger partial charge on any atom is -0.481 e. The first-order valence-corrected chi connectivity index (χ1v) is 9.47. The molecule has 3 rings (SSSR count). The molecule has 1 fully saturated rings. The van der Waals surface area contributed by atoms with E-state index < -0.39 is 11.9 Å². The fourth-order valence-electron chi connectivity index (χ4n) is 3.38. The van der Waals surface area contributed by atoms with E-state index in [-0.39, 0.29) is 12.3 Å². The number of nitrogens with zero attached hydrogens (tertiary/aromatic N) is 4. The fourth-order valence-corrected chi connectivity index (χ4v) is 3.38. The summed E-state index contributed by atoms with van der Waals surface area (Å²) in [6.07, 6.45) is 1.58. The van der Waals surface area contributed by atoms with E-state index in [1.807, 2.05) is 28.0 Å². The predicted molar refractivity (Wildman–Crippen MR) is 108 cm³/mol. The van der Waals surface area contributed by atoms with E-state index in [9.17, 15) is 20.0 Å². The van der Waals surface area contributed by atoms with Crippen molar-refractivity contribution in [2.45, 2.75) is 6.42 Å². The number of benzene rings is 1. The number of hydrogen-bond acceptors (Lipinski definition) is 6. The Morgan fingerprint density at radius 1 is 1.14 bits per heavy atom. The van der Waals surface area contributed by atoms with Gasteiger partial charge in [-0.25, -0.2) is 4.98 Å². The molecule has 8 nitrogen and oxygen atoms in total. The summed E-state index contributed by atoms with van der Waals surface area (Å²) in [5.74, 6) is -1.41. The zero-order chi connectivity index (χ0) is 20.6. The SMILES string of the molecule is N#Cc1cccnc1N1CCN(CC(CC(=O)Nc2ccccc2)C(=O)O)CC1. The number of carboxylic acids is 1. The molecule has 8 heteroatoms. The number of carbonyl (C=O) groups excluding carboxylic acids is 1. The molecule has 1 atom stereocenters. The molecule has 1 aromatic heterocycles. The Morgan fingerprint density at radius 2 is 1.86 bits per heavy atom. The standard InChI is InChI=1S/C21H23N5O3/c22-14-16-5-4-8-23-20(16)26-11-9-25(10-12-26)15-17(21(28)29)13-19(27)24-18-6-2-1-3-7-18/h1-8,17H,9-13,15H2,(H,24,27)(H,28,29). The number of aromatic nitrogens is 1. The van der Waals surface area contributed by atoms with E-state index in [0.29, 0.717) is 49.8 Å².